The molecule has 1 unspecified atom stereocenters. The third kappa shape index (κ3) is 4.21. The molecule has 1 aromatic heterocycles. The van der Waals surface area contributed by atoms with Gasteiger partial charge in [0.1, 0.15) is 9.91 Å². The molecule has 35 heavy (non-hydrogen) atoms. The molecule has 0 aliphatic carbocycles. The molecule has 0 saturated carbocycles. The summed E-state index contributed by atoms with van der Waals surface area (Å²) < 4.78 is 30.7. The van der Waals surface area contributed by atoms with Gasteiger partial charge in [0.2, 0.25) is 0 Å². The molecule has 9 heteroatoms. The van der Waals surface area contributed by atoms with Crippen molar-refractivity contribution >= 4 is 22.8 Å². The average Bonchev–Trinajstić information content (AvgIpc) is 3.47. The monoisotopic (exact) mass is 490 g/mol. The topological polar surface area (TPSA) is 72.3 Å². The predicted molar refractivity (Wildman–Crippen MR) is 136 cm³/mol. The van der Waals surface area contributed by atoms with Crippen LogP contribution in [0.15, 0.2) is 84.0 Å². The van der Waals surface area contributed by atoms with E-state index in [2.05, 4.69) is 5.10 Å². The van der Waals surface area contributed by atoms with Crippen LogP contribution in [0.2, 0.25) is 0 Å². The summed E-state index contributed by atoms with van der Waals surface area (Å²) in [6.07, 6.45) is 1.28. The van der Waals surface area contributed by atoms with Crippen LogP contribution in [0.4, 0.5) is 14.7 Å². The molecular formula is C26H24F2N6S. The van der Waals surface area contributed by atoms with Crippen LogP contribution in [0.5, 0.6) is 0 Å². The smallest absolute Gasteiger partial charge is 0.267 e. The lowest BCUT2D eigenvalue weighted by Gasteiger charge is -2.35. The molecule has 0 saturated heterocycles. The normalized spacial score (nSPS) is 17.6. The quantitative estimate of drug-likeness (QED) is 0.382. The molecule has 1 aliphatic rings. The largest absolute Gasteiger partial charge is 0.330 e. The average molecular weight is 491 g/mol. The van der Waals surface area contributed by atoms with E-state index in [1.807, 2.05) is 67.7 Å². The zero-order chi connectivity index (χ0) is 24.4. The van der Waals surface area contributed by atoms with Crippen molar-refractivity contribution in [1.82, 2.24) is 14.8 Å². The molecule has 0 amide bonds. The second-order valence-electron chi connectivity index (χ2n) is 8.19. The summed E-state index contributed by atoms with van der Waals surface area (Å²) in [6, 6.07) is 23.7. The van der Waals surface area contributed by atoms with Gasteiger partial charge in [-0.3, -0.25) is 0 Å². The molecule has 1 atom stereocenters. The van der Waals surface area contributed by atoms with E-state index >= 15 is 0 Å². The molecule has 178 valence electrons. The number of aryl methyl sites for hydroxylation is 1. The third-order valence-electron chi connectivity index (χ3n) is 5.90. The predicted octanol–water partition coefficient (Wildman–Crippen LogP) is 5.27. The van der Waals surface area contributed by atoms with Crippen LogP contribution < -0.4 is 10.7 Å². The van der Waals surface area contributed by atoms with Gasteiger partial charge in [0.15, 0.2) is 17.5 Å². The van der Waals surface area contributed by atoms with Crippen molar-refractivity contribution in [2.75, 3.05) is 11.6 Å². The molecule has 0 spiro atoms. The Hall–Kier alpha value is -3.56. The standard InChI is InChI=1S/C26H24F2N6S/c1-33-23(18-10-4-2-5-11-18)30-25(32-33)34-26(16-9-17-29,19-12-6-3-7-13-19)35-24(31-34)20-14-8-15-21(27)22(20)28/h2-8,10-15H,9,16-17,29H2,1H3. The van der Waals surface area contributed by atoms with Crippen LogP contribution in [-0.2, 0) is 11.9 Å². The van der Waals surface area contributed by atoms with Gasteiger partial charge in [0, 0.05) is 18.2 Å². The fourth-order valence-corrected chi connectivity index (χ4v) is 5.62. The summed E-state index contributed by atoms with van der Waals surface area (Å²) in [4.78, 5) is 4.03. The van der Waals surface area contributed by atoms with Crippen LogP contribution in [-0.4, -0.2) is 26.4 Å². The fourth-order valence-electron chi connectivity index (χ4n) is 4.20. The SMILES string of the molecule is Cn1nc(N2N=C(c3cccc(F)c3F)SC2(CCCN)c2ccccc2)nc1-c1ccccc1. The summed E-state index contributed by atoms with van der Waals surface area (Å²) in [5.41, 5.74) is 7.87. The third-order valence-corrected chi connectivity index (χ3v) is 7.34. The number of hydrazone groups is 1. The summed E-state index contributed by atoms with van der Waals surface area (Å²) >= 11 is 1.37. The van der Waals surface area contributed by atoms with Crippen molar-refractivity contribution in [3.63, 3.8) is 0 Å². The van der Waals surface area contributed by atoms with Crippen LogP contribution >= 0.6 is 11.8 Å². The number of aromatic nitrogens is 3. The van der Waals surface area contributed by atoms with E-state index in [9.17, 15) is 8.78 Å². The lowest BCUT2D eigenvalue weighted by molar-refractivity contribution is 0.507. The van der Waals surface area contributed by atoms with Gasteiger partial charge in [0.05, 0.1) is 0 Å². The molecule has 5 rings (SSSR count). The molecule has 3 aromatic carbocycles. The Morgan fingerprint density at radius 2 is 1.66 bits per heavy atom. The highest BCUT2D eigenvalue weighted by atomic mass is 32.2. The van der Waals surface area contributed by atoms with Crippen LogP contribution in [0.3, 0.4) is 0 Å². The van der Waals surface area contributed by atoms with Gasteiger partial charge in [-0.25, -0.2) is 18.5 Å². The Labute approximate surface area is 206 Å². The Balaban J connectivity index is 1.69. The first kappa shape index (κ1) is 23.2. The summed E-state index contributed by atoms with van der Waals surface area (Å²) in [5.74, 6) is -0.808. The molecule has 0 fully saturated rings. The number of thioether (sulfide) groups is 1. The van der Waals surface area contributed by atoms with Crippen molar-refractivity contribution in [1.29, 1.82) is 0 Å². The number of nitrogens with zero attached hydrogens (tertiary/aromatic N) is 5. The van der Waals surface area contributed by atoms with E-state index < -0.39 is 16.5 Å². The molecule has 2 heterocycles. The highest BCUT2D eigenvalue weighted by molar-refractivity contribution is 8.15. The van der Waals surface area contributed by atoms with Gasteiger partial charge >= 0.3 is 0 Å². The summed E-state index contributed by atoms with van der Waals surface area (Å²) in [5, 5.41) is 11.6. The van der Waals surface area contributed by atoms with Gasteiger partial charge in [-0.15, -0.1) is 5.10 Å². The summed E-state index contributed by atoms with van der Waals surface area (Å²) in [7, 11) is 1.82. The highest BCUT2D eigenvalue weighted by Crippen LogP contribution is 2.51. The van der Waals surface area contributed by atoms with Crippen LogP contribution in [0.25, 0.3) is 11.4 Å². The van der Waals surface area contributed by atoms with Crippen molar-refractivity contribution in [3.05, 3.63) is 102 Å². The van der Waals surface area contributed by atoms with E-state index in [0.29, 0.717) is 36.2 Å². The van der Waals surface area contributed by atoms with Gasteiger partial charge < -0.3 is 5.73 Å². The number of rotatable bonds is 7. The Morgan fingerprint density at radius 1 is 0.943 bits per heavy atom. The number of nitrogens with two attached hydrogens (primary N) is 1. The van der Waals surface area contributed by atoms with E-state index in [4.69, 9.17) is 15.8 Å². The first-order valence-corrected chi connectivity index (χ1v) is 12.1. The Morgan fingerprint density at radius 3 is 2.37 bits per heavy atom. The zero-order valence-electron chi connectivity index (χ0n) is 19.1. The molecule has 1 aliphatic heterocycles. The number of benzene rings is 3. The minimum atomic E-state index is -0.930. The lowest BCUT2D eigenvalue weighted by atomic mass is 10.0. The number of halogens is 2. The lowest BCUT2D eigenvalue weighted by Crippen LogP contribution is -2.38. The maximum Gasteiger partial charge on any atom is 0.267 e. The Bertz CT molecular complexity index is 1360. The second-order valence-corrected chi connectivity index (χ2v) is 9.45. The van der Waals surface area contributed by atoms with Crippen molar-refractivity contribution in [2.45, 2.75) is 17.7 Å². The van der Waals surface area contributed by atoms with E-state index in [0.717, 1.165) is 17.2 Å². The number of hydrogen-bond acceptors (Lipinski definition) is 6. The van der Waals surface area contributed by atoms with Gasteiger partial charge in [-0.1, -0.05) is 78.5 Å². The highest BCUT2D eigenvalue weighted by Gasteiger charge is 2.48. The second kappa shape index (κ2) is 9.59. The molecule has 4 aromatic rings. The first-order chi connectivity index (χ1) is 17.0. The van der Waals surface area contributed by atoms with Crippen molar-refractivity contribution in [2.24, 2.45) is 17.9 Å². The van der Waals surface area contributed by atoms with Gasteiger partial charge in [-0.05, 0) is 37.1 Å². The number of anilines is 1. The molecule has 6 nitrogen and oxygen atoms in total. The van der Waals surface area contributed by atoms with Crippen LogP contribution in [0.1, 0.15) is 24.0 Å². The molecule has 0 bridgehead atoms. The maximum atomic E-state index is 14.8. The van der Waals surface area contributed by atoms with Gasteiger partial charge in [-0.2, -0.15) is 10.1 Å². The number of hydrogen-bond donors (Lipinski definition) is 1. The maximum absolute atomic E-state index is 14.8. The van der Waals surface area contributed by atoms with Crippen molar-refractivity contribution in [3.8, 4) is 11.4 Å². The van der Waals surface area contributed by atoms with Crippen LogP contribution in [0, 0.1) is 11.6 Å². The molecule has 2 N–H and O–H groups in total. The minimum Gasteiger partial charge on any atom is -0.330 e. The zero-order valence-corrected chi connectivity index (χ0v) is 19.9. The van der Waals surface area contributed by atoms with E-state index in [1.165, 1.54) is 23.9 Å². The first-order valence-electron chi connectivity index (χ1n) is 11.3. The fraction of sp³-hybridized carbons (Fsp3) is 0.192. The van der Waals surface area contributed by atoms with Crippen molar-refractivity contribution < 1.29 is 8.78 Å². The van der Waals surface area contributed by atoms with E-state index in [1.54, 1.807) is 9.69 Å². The molecular weight excluding hydrogens is 466 g/mol. The molecule has 0 radical (unpaired) electrons. The van der Waals surface area contributed by atoms with Gasteiger partial charge in [0.25, 0.3) is 5.95 Å². The van der Waals surface area contributed by atoms with E-state index in [-0.39, 0.29) is 5.56 Å². The Kier molecular flexibility index (Phi) is 6.36. The summed E-state index contributed by atoms with van der Waals surface area (Å²) in [6.45, 7) is 0.470. The minimum absolute atomic E-state index is 0.102.